The fourth-order valence-corrected chi connectivity index (χ4v) is 2.27. The molecule has 0 aliphatic rings. The van der Waals surface area contributed by atoms with Gasteiger partial charge in [0, 0.05) is 5.69 Å². The minimum Gasteiger partial charge on any atom is -0.430 e. The van der Waals surface area contributed by atoms with E-state index in [1.165, 1.54) is 0 Å². The Bertz CT molecular complexity index is 565. The van der Waals surface area contributed by atoms with Gasteiger partial charge in [-0.25, -0.2) is 9.19 Å². The molecule has 0 aliphatic heterocycles. The summed E-state index contributed by atoms with van der Waals surface area (Å²) >= 11 is 0. The average Bonchev–Trinajstić information content (AvgIpc) is 2.71. The third-order valence-electron chi connectivity index (χ3n) is 2.31. The van der Waals surface area contributed by atoms with Crippen LogP contribution >= 0.6 is 0 Å². The Morgan fingerprint density at radius 2 is 2.28 bits per heavy atom. The molecule has 6 heteroatoms. The van der Waals surface area contributed by atoms with E-state index in [1.54, 1.807) is 18.2 Å². The van der Waals surface area contributed by atoms with Crippen LogP contribution in [0.25, 0.3) is 11.1 Å². The predicted molar refractivity (Wildman–Crippen MR) is 70.8 cm³/mol. The van der Waals surface area contributed by atoms with Gasteiger partial charge in [0.15, 0.2) is 5.58 Å². The van der Waals surface area contributed by atoms with E-state index < -0.39 is 10.8 Å². The molecular weight excluding hydrogens is 252 g/mol. The number of aromatic nitrogens is 1. The van der Waals surface area contributed by atoms with E-state index in [2.05, 4.69) is 4.98 Å². The number of nitrogen functional groups attached to an aromatic ring is 1. The first-order valence-corrected chi connectivity index (χ1v) is 7.04. The van der Waals surface area contributed by atoms with Gasteiger partial charge < -0.3 is 14.9 Å². The van der Waals surface area contributed by atoms with Crippen LogP contribution in [0.4, 0.5) is 5.69 Å². The fourth-order valence-electron chi connectivity index (χ4n) is 1.47. The highest BCUT2D eigenvalue weighted by Gasteiger charge is 2.13. The highest BCUT2D eigenvalue weighted by molar-refractivity contribution is 7.84. The summed E-state index contributed by atoms with van der Waals surface area (Å²) in [6, 6.07) is 5.15. The van der Waals surface area contributed by atoms with Crippen molar-refractivity contribution in [2.45, 2.75) is 25.2 Å². The number of benzene rings is 1. The van der Waals surface area contributed by atoms with Crippen molar-refractivity contribution < 1.29 is 13.4 Å². The maximum Gasteiger partial charge on any atom is 0.288 e. The minimum atomic E-state index is -1.28. The van der Waals surface area contributed by atoms with Crippen molar-refractivity contribution in [3.05, 3.63) is 18.2 Å². The van der Waals surface area contributed by atoms with Crippen LogP contribution in [0.5, 0.6) is 0 Å². The van der Waals surface area contributed by atoms with Crippen molar-refractivity contribution in [3.8, 4) is 0 Å². The molecule has 1 aromatic heterocycles. The van der Waals surface area contributed by atoms with Crippen LogP contribution in [0.1, 0.15) is 13.8 Å². The average molecular weight is 268 g/mol. The summed E-state index contributed by atoms with van der Waals surface area (Å²) < 4.78 is 22.7. The lowest BCUT2D eigenvalue weighted by Crippen LogP contribution is -2.11. The van der Waals surface area contributed by atoms with Gasteiger partial charge in [-0.05, 0) is 32.0 Å². The number of fused-ring (bicyclic) bond motifs is 1. The van der Waals surface area contributed by atoms with Gasteiger partial charge in [-0.1, -0.05) is 0 Å². The quantitative estimate of drug-likeness (QED) is 0.838. The Kier molecular flexibility index (Phi) is 3.98. The monoisotopic (exact) mass is 268 g/mol. The van der Waals surface area contributed by atoms with Crippen molar-refractivity contribution in [2.75, 3.05) is 18.1 Å². The maximum atomic E-state index is 11.9. The summed E-state index contributed by atoms with van der Waals surface area (Å²) in [6.45, 7) is 4.29. The van der Waals surface area contributed by atoms with Gasteiger partial charge in [-0.3, -0.25) is 0 Å². The Morgan fingerprint density at radius 1 is 1.50 bits per heavy atom. The molecule has 1 aromatic carbocycles. The molecule has 0 saturated heterocycles. The SMILES string of the molecule is CC(C)OCCS(=O)c1nc2cc(N)ccc2o1. The molecular formula is C12H16N2O3S. The Morgan fingerprint density at radius 3 is 3.00 bits per heavy atom. The zero-order valence-electron chi connectivity index (χ0n) is 10.4. The molecule has 1 unspecified atom stereocenters. The van der Waals surface area contributed by atoms with Crippen LogP contribution in [-0.4, -0.2) is 27.7 Å². The number of anilines is 1. The molecule has 98 valence electrons. The molecule has 2 aromatic rings. The van der Waals surface area contributed by atoms with Gasteiger partial charge in [0.1, 0.15) is 16.3 Å². The molecule has 0 aliphatic carbocycles. The van der Waals surface area contributed by atoms with E-state index in [0.29, 0.717) is 29.1 Å². The lowest BCUT2D eigenvalue weighted by molar-refractivity contribution is 0.0915. The first-order valence-electron chi connectivity index (χ1n) is 5.72. The van der Waals surface area contributed by atoms with Gasteiger partial charge in [0.2, 0.25) is 0 Å². The maximum absolute atomic E-state index is 11.9. The summed E-state index contributed by atoms with van der Waals surface area (Å²) in [7, 11) is -1.28. The molecule has 0 saturated carbocycles. The van der Waals surface area contributed by atoms with E-state index in [-0.39, 0.29) is 11.3 Å². The molecule has 0 amide bonds. The lowest BCUT2D eigenvalue weighted by Gasteiger charge is -2.05. The first kappa shape index (κ1) is 13.0. The molecule has 0 radical (unpaired) electrons. The van der Waals surface area contributed by atoms with Crippen molar-refractivity contribution in [2.24, 2.45) is 0 Å². The Labute approximate surface area is 108 Å². The van der Waals surface area contributed by atoms with Gasteiger partial charge in [-0.15, -0.1) is 0 Å². The Balaban J connectivity index is 2.08. The molecule has 5 nitrogen and oxygen atoms in total. The van der Waals surface area contributed by atoms with Gasteiger partial charge in [0.25, 0.3) is 5.22 Å². The van der Waals surface area contributed by atoms with E-state index in [9.17, 15) is 4.21 Å². The van der Waals surface area contributed by atoms with Crippen LogP contribution in [0.15, 0.2) is 27.8 Å². The number of hydrogen-bond acceptors (Lipinski definition) is 5. The van der Waals surface area contributed by atoms with Gasteiger partial charge >= 0.3 is 0 Å². The summed E-state index contributed by atoms with van der Waals surface area (Å²) in [5, 5.41) is 0.225. The van der Waals surface area contributed by atoms with Crippen LogP contribution in [-0.2, 0) is 15.5 Å². The standard InChI is InChI=1S/C12H16N2O3S/c1-8(2)16-5-6-18(15)12-14-10-7-9(13)3-4-11(10)17-12/h3-4,7-8H,5-6,13H2,1-2H3. The van der Waals surface area contributed by atoms with Crippen molar-refractivity contribution in [1.82, 2.24) is 4.98 Å². The van der Waals surface area contributed by atoms with Crippen molar-refractivity contribution in [1.29, 1.82) is 0 Å². The third kappa shape index (κ3) is 3.08. The van der Waals surface area contributed by atoms with Crippen LogP contribution < -0.4 is 5.73 Å². The summed E-state index contributed by atoms with van der Waals surface area (Å²) in [5.74, 6) is 0.375. The molecule has 2 N–H and O–H groups in total. The Hall–Kier alpha value is -1.40. The van der Waals surface area contributed by atoms with Gasteiger partial charge in [0.05, 0.1) is 18.5 Å². The zero-order chi connectivity index (χ0) is 13.1. The lowest BCUT2D eigenvalue weighted by atomic mass is 10.3. The fraction of sp³-hybridized carbons (Fsp3) is 0.417. The summed E-state index contributed by atoms with van der Waals surface area (Å²) in [6.07, 6.45) is 0.130. The highest BCUT2D eigenvalue weighted by atomic mass is 32.2. The number of rotatable bonds is 5. The van der Waals surface area contributed by atoms with E-state index >= 15 is 0 Å². The molecule has 1 heterocycles. The first-order chi connectivity index (χ1) is 8.56. The second-order valence-corrected chi connectivity index (χ2v) is 5.62. The largest absolute Gasteiger partial charge is 0.430 e. The molecule has 18 heavy (non-hydrogen) atoms. The topological polar surface area (TPSA) is 78.3 Å². The third-order valence-corrected chi connectivity index (χ3v) is 3.41. The zero-order valence-corrected chi connectivity index (χ0v) is 11.2. The molecule has 1 atom stereocenters. The van der Waals surface area contributed by atoms with E-state index in [0.717, 1.165) is 0 Å². The summed E-state index contributed by atoms with van der Waals surface area (Å²) in [5.41, 5.74) is 7.48. The molecule has 0 bridgehead atoms. The summed E-state index contributed by atoms with van der Waals surface area (Å²) in [4.78, 5) is 4.17. The molecule has 0 spiro atoms. The van der Waals surface area contributed by atoms with E-state index in [4.69, 9.17) is 14.9 Å². The van der Waals surface area contributed by atoms with Crippen LogP contribution in [0, 0.1) is 0 Å². The minimum absolute atomic E-state index is 0.130. The number of nitrogens with two attached hydrogens (primary N) is 1. The second kappa shape index (κ2) is 5.49. The predicted octanol–water partition coefficient (Wildman–Crippen LogP) is 1.94. The molecule has 2 rings (SSSR count). The van der Waals surface area contributed by atoms with Crippen molar-refractivity contribution in [3.63, 3.8) is 0 Å². The highest BCUT2D eigenvalue weighted by Crippen LogP contribution is 2.20. The van der Waals surface area contributed by atoms with Gasteiger partial charge in [-0.2, -0.15) is 0 Å². The number of oxazole rings is 1. The van der Waals surface area contributed by atoms with Crippen LogP contribution in [0.2, 0.25) is 0 Å². The molecule has 0 fully saturated rings. The number of nitrogens with zero attached hydrogens (tertiary/aromatic N) is 1. The van der Waals surface area contributed by atoms with E-state index in [1.807, 2.05) is 13.8 Å². The van der Waals surface area contributed by atoms with Crippen molar-refractivity contribution >= 4 is 27.6 Å². The van der Waals surface area contributed by atoms with Crippen LogP contribution in [0.3, 0.4) is 0 Å². The smallest absolute Gasteiger partial charge is 0.288 e. The second-order valence-electron chi connectivity index (χ2n) is 4.18. The number of ether oxygens (including phenoxy) is 1. The number of hydrogen-bond donors (Lipinski definition) is 1. The normalized spacial score (nSPS) is 13.3.